The Morgan fingerprint density at radius 2 is 1.90 bits per heavy atom. The normalized spacial score (nSPS) is 17.1. The highest BCUT2D eigenvalue weighted by Gasteiger charge is 2.42. The van der Waals surface area contributed by atoms with Gasteiger partial charge in [-0.2, -0.15) is 5.21 Å². The smallest absolute Gasteiger partial charge is 0.324 e. The van der Waals surface area contributed by atoms with Crippen molar-refractivity contribution in [3.05, 3.63) is 70.8 Å². The molecule has 0 amide bonds. The van der Waals surface area contributed by atoms with Crippen LogP contribution in [0.3, 0.4) is 0 Å². The van der Waals surface area contributed by atoms with E-state index < -0.39 is 23.9 Å². The van der Waals surface area contributed by atoms with Crippen LogP contribution < -0.4 is 0 Å². The molecule has 2 aromatic carbocycles. The summed E-state index contributed by atoms with van der Waals surface area (Å²) in [7, 11) is 1.74. The number of carboxylic acid groups (broad SMARTS) is 1. The fourth-order valence-electron chi connectivity index (χ4n) is 5.31. The average Bonchev–Trinajstić information content (AvgIpc) is 3.71. The number of aliphatic carboxylic acids is 1. The van der Waals surface area contributed by atoms with Crippen molar-refractivity contribution in [3.63, 3.8) is 0 Å². The van der Waals surface area contributed by atoms with Gasteiger partial charge < -0.3 is 14.4 Å². The van der Waals surface area contributed by atoms with E-state index in [0.29, 0.717) is 31.0 Å². The molecule has 5 rings (SSSR count). The molecular weight excluding hydrogens is 546 g/mol. The summed E-state index contributed by atoms with van der Waals surface area (Å²) in [6, 6.07) is 15.2. The maximum absolute atomic E-state index is 13.0. The van der Waals surface area contributed by atoms with E-state index in [1.165, 1.54) is 0 Å². The van der Waals surface area contributed by atoms with Gasteiger partial charge in [0.25, 0.3) is 0 Å². The third-order valence-corrected chi connectivity index (χ3v) is 7.84. The Morgan fingerprint density at radius 1 is 1.15 bits per heavy atom. The van der Waals surface area contributed by atoms with E-state index >= 15 is 0 Å². The first-order valence-corrected chi connectivity index (χ1v) is 14.0. The monoisotopic (exact) mass is 577 g/mol. The van der Waals surface area contributed by atoms with Crippen LogP contribution in [0, 0.1) is 5.92 Å². The van der Waals surface area contributed by atoms with Crippen LogP contribution in [0.25, 0.3) is 22.5 Å². The fourth-order valence-corrected chi connectivity index (χ4v) is 5.56. The lowest BCUT2D eigenvalue weighted by molar-refractivity contribution is -0.157. The Kier molecular flexibility index (Phi) is 8.75. The van der Waals surface area contributed by atoms with Crippen LogP contribution in [0.4, 0.5) is 0 Å². The maximum Gasteiger partial charge on any atom is 0.324 e. The number of aromatic amines is 1. The van der Waals surface area contributed by atoms with Gasteiger partial charge in [-0.05, 0) is 48.3 Å². The topological polar surface area (TPSA) is 139 Å². The number of carbonyl (C=O) groups excluding carboxylic acids is 1. The van der Waals surface area contributed by atoms with Crippen LogP contribution in [-0.2, 0) is 33.9 Å². The lowest BCUT2D eigenvalue weighted by Crippen LogP contribution is -2.41. The molecule has 2 atom stereocenters. The Balaban J connectivity index is 1.37. The highest BCUT2D eigenvalue weighted by Crippen LogP contribution is 2.31. The average molecular weight is 578 g/mol. The van der Waals surface area contributed by atoms with Gasteiger partial charge in [-0.25, -0.2) is 4.98 Å². The molecule has 0 saturated carbocycles. The number of carbonyl (C=O) groups is 2. The molecule has 0 spiro atoms. The first-order valence-electron chi connectivity index (χ1n) is 13.6. The van der Waals surface area contributed by atoms with Crippen LogP contribution >= 0.6 is 11.6 Å². The molecule has 1 fully saturated rings. The minimum atomic E-state index is -0.996. The quantitative estimate of drug-likeness (QED) is 0.251. The van der Waals surface area contributed by atoms with Crippen molar-refractivity contribution in [3.8, 4) is 22.5 Å². The van der Waals surface area contributed by atoms with Crippen molar-refractivity contribution >= 4 is 23.5 Å². The van der Waals surface area contributed by atoms with Gasteiger partial charge in [-0.3, -0.25) is 14.5 Å². The number of ether oxygens (including phenoxy) is 1. The number of nitrogens with one attached hydrogen (secondary N) is 1. The second-order valence-electron chi connectivity index (χ2n) is 10.2. The molecule has 12 heteroatoms. The summed E-state index contributed by atoms with van der Waals surface area (Å²) >= 11 is 6.57. The standard InChI is InChI=1S/C29H32ClN7O4/c1-3-4-9-24-31-26(30)23(17-41-29(40)25-22(28(38)39)14-15-36(25)2)37(24)16-18-10-12-19(13-11-18)20-7-5-6-8-21(20)27-32-34-35-33-27/h5-8,10-13,22,25H,3-4,9,14-17H2,1-2H3,(H,38,39)(H,32,33,34,35)/t22-,25?/m1/s1. The highest BCUT2D eigenvalue weighted by atomic mass is 35.5. The van der Waals surface area contributed by atoms with E-state index in [2.05, 4.69) is 32.5 Å². The van der Waals surface area contributed by atoms with Crippen LogP contribution in [0.1, 0.15) is 43.3 Å². The van der Waals surface area contributed by atoms with Crippen molar-refractivity contribution in [1.82, 2.24) is 35.1 Å². The predicted octanol–water partition coefficient (Wildman–Crippen LogP) is 4.22. The van der Waals surface area contributed by atoms with Gasteiger partial charge in [0.1, 0.15) is 18.5 Å². The summed E-state index contributed by atoms with van der Waals surface area (Å²) in [4.78, 5) is 31.0. The van der Waals surface area contributed by atoms with E-state index in [0.717, 1.165) is 47.3 Å². The summed E-state index contributed by atoms with van der Waals surface area (Å²) in [5, 5.41) is 24.3. The molecule has 41 heavy (non-hydrogen) atoms. The number of esters is 1. The summed E-state index contributed by atoms with van der Waals surface area (Å²) in [6.07, 6.45) is 3.06. The molecule has 2 aromatic heterocycles. The Bertz CT molecular complexity index is 1500. The zero-order valence-corrected chi connectivity index (χ0v) is 23.7. The van der Waals surface area contributed by atoms with Crippen LogP contribution in [0.2, 0.25) is 5.15 Å². The number of nitrogens with zero attached hydrogens (tertiary/aromatic N) is 6. The zero-order chi connectivity index (χ0) is 28.9. The van der Waals surface area contributed by atoms with Crippen molar-refractivity contribution in [1.29, 1.82) is 0 Å². The Labute approximate surface area is 242 Å². The first-order chi connectivity index (χ1) is 19.9. The number of imidazole rings is 1. The lowest BCUT2D eigenvalue weighted by atomic mass is 9.98. The van der Waals surface area contributed by atoms with E-state index in [-0.39, 0.29) is 11.8 Å². The minimum Gasteiger partial charge on any atom is -0.481 e. The first kappa shape index (κ1) is 28.4. The van der Waals surface area contributed by atoms with Crippen molar-refractivity contribution in [2.75, 3.05) is 13.6 Å². The molecule has 0 bridgehead atoms. The number of hydrogen-bond acceptors (Lipinski definition) is 8. The second-order valence-corrected chi connectivity index (χ2v) is 10.6. The maximum atomic E-state index is 13.0. The number of carboxylic acids is 1. The SMILES string of the molecule is CCCCc1nc(Cl)c(COC(=O)C2[C@H](C(=O)O)CCN2C)n1Cc1ccc(-c2ccccc2-c2nn[nH]n2)cc1. The summed E-state index contributed by atoms with van der Waals surface area (Å²) < 4.78 is 7.66. The number of aryl methyl sites for hydroxylation is 1. The number of rotatable bonds is 11. The van der Waals surface area contributed by atoms with E-state index in [4.69, 9.17) is 16.3 Å². The van der Waals surface area contributed by atoms with E-state index in [9.17, 15) is 14.7 Å². The van der Waals surface area contributed by atoms with Crippen LogP contribution in [0.5, 0.6) is 0 Å². The summed E-state index contributed by atoms with van der Waals surface area (Å²) in [5.41, 5.74) is 4.47. The number of likely N-dealkylation sites (N-methyl/N-ethyl adjacent to an activating group) is 1. The number of halogens is 1. The number of benzene rings is 2. The summed E-state index contributed by atoms with van der Waals surface area (Å²) in [6.45, 7) is 3.02. The Morgan fingerprint density at radius 3 is 2.59 bits per heavy atom. The van der Waals surface area contributed by atoms with Gasteiger partial charge in [0.2, 0.25) is 5.82 Å². The Hall–Kier alpha value is -4.09. The minimum absolute atomic E-state index is 0.0936. The number of unbranched alkanes of at least 4 members (excludes halogenated alkanes) is 1. The second kappa shape index (κ2) is 12.6. The van der Waals surface area contributed by atoms with Gasteiger partial charge in [-0.15, -0.1) is 10.2 Å². The van der Waals surface area contributed by atoms with Crippen molar-refractivity contribution in [2.45, 2.75) is 51.8 Å². The van der Waals surface area contributed by atoms with E-state index in [1.54, 1.807) is 11.9 Å². The van der Waals surface area contributed by atoms with E-state index in [1.807, 2.05) is 53.1 Å². The van der Waals surface area contributed by atoms with Gasteiger partial charge in [0.15, 0.2) is 5.15 Å². The largest absolute Gasteiger partial charge is 0.481 e. The fraction of sp³-hybridized carbons (Fsp3) is 0.379. The third-order valence-electron chi connectivity index (χ3n) is 7.53. The molecule has 1 unspecified atom stereocenters. The molecule has 3 heterocycles. The summed E-state index contributed by atoms with van der Waals surface area (Å²) in [5.74, 6) is -1.02. The number of H-pyrrole nitrogens is 1. The van der Waals surface area contributed by atoms with Crippen LogP contribution in [-0.4, -0.2) is 71.8 Å². The van der Waals surface area contributed by atoms with Gasteiger partial charge >= 0.3 is 11.9 Å². The molecule has 2 N–H and O–H groups in total. The molecule has 214 valence electrons. The number of likely N-dealkylation sites (tertiary alicyclic amines) is 1. The van der Waals surface area contributed by atoms with Gasteiger partial charge in [0, 0.05) is 18.5 Å². The molecule has 1 aliphatic rings. The number of tetrazole rings is 1. The van der Waals surface area contributed by atoms with Gasteiger partial charge in [0.05, 0.1) is 11.6 Å². The molecule has 0 radical (unpaired) electrons. The van der Waals surface area contributed by atoms with Crippen molar-refractivity contribution < 1.29 is 19.4 Å². The zero-order valence-electron chi connectivity index (χ0n) is 23.0. The number of hydrogen-bond donors (Lipinski definition) is 2. The van der Waals surface area contributed by atoms with Gasteiger partial charge in [-0.1, -0.05) is 73.5 Å². The molecular formula is C29H32ClN7O4. The molecule has 1 saturated heterocycles. The highest BCUT2D eigenvalue weighted by molar-refractivity contribution is 6.30. The molecule has 11 nitrogen and oxygen atoms in total. The van der Waals surface area contributed by atoms with Crippen LogP contribution in [0.15, 0.2) is 48.5 Å². The molecule has 0 aliphatic carbocycles. The van der Waals surface area contributed by atoms with Crippen molar-refractivity contribution in [2.24, 2.45) is 5.92 Å². The molecule has 4 aromatic rings. The number of aromatic nitrogens is 6. The lowest BCUT2D eigenvalue weighted by Gasteiger charge is -2.21. The predicted molar refractivity (Wildman–Crippen MR) is 152 cm³/mol. The molecule has 1 aliphatic heterocycles. The third kappa shape index (κ3) is 6.15.